The van der Waals surface area contributed by atoms with Crippen LogP contribution in [0, 0.1) is 0 Å². The van der Waals surface area contributed by atoms with Gasteiger partial charge in [-0.05, 0) is 65.3 Å². The Hall–Kier alpha value is -2.91. The molecule has 0 aliphatic rings. The highest BCUT2D eigenvalue weighted by Gasteiger charge is 2.26. The second kappa shape index (κ2) is 10.4. The lowest BCUT2D eigenvalue weighted by Crippen LogP contribution is -2.47. The van der Waals surface area contributed by atoms with Crippen LogP contribution in [0.1, 0.15) is 47.1 Å². The fourth-order valence-corrected chi connectivity index (χ4v) is 4.41. The number of sulfonamides is 1. The Morgan fingerprint density at radius 2 is 1.58 bits per heavy atom. The quantitative estimate of drug-likeness (QED) is 0.563. The van der Waals surface area contributed by atoms with Gasteiger partial charge in [0.15, 0.2) is 0 Å². The monoisotopic (exact) mass is 475 g/mol. The van der Waals surface area contributed by atoms with Gasteiger partial charge in [0.25, 0.3) is 0 Å². The third kappa shape index (κ3) is 9.23. The summed E-state index contributed by atoms with van der Waals surface area (Å²) in [6, 6.07) is 14.3. The van der Waals surface area contributed by atoms with E-state index in [1.807, 2.05) is 30.3 Å². The number of carbonyl (C=O) groups is 2. The van der Waals surface area contributed by atoms with E-state index in [-0.39, 0.29) is 11.3 Å². The average Bonchev–Trinajstić information content (AvgIpc) is 2.65. The van der Waals surface area contributed by atoms with Crippen molar-refractivity contribution in [1.29, 1.82) is 0 Å². The van der Waals surface area contributed by atoms with E-state index in [4.69, 9.17) is 4.74 Å². The Balaban J connectivity index is 2.23. The van der Waals surface area contributed by atoms with Crippen LogP contribution in [0.15, 0.2) is 59.5 Å². The summed E-state index contributed by atoms with van der Waals surface area (Å²) < 4.78 is 33.2. The first kappa shape index (κ1) is 26.3. The smallest absolute Gasteiger partial charge is 0.408 e. The number of benzene rings is 2. The van der Waals surface area contributed by atoms with Gasteiger partial charge in [0, 0.05) is 17.6 Å². The Morgan fingerprint density at radius 1 is 0.939 bits per heavy atom. The predicted molar refractivity (Wildman–Crippen MR) is 128 cm³/mol. The van der Waals surface area contributed by atoms with Crippen LogP contribution in [-0.4, -0.2) is 37.6 Å². The SMILES string of the molecule is CC(C)(C)NS(=O)(=O)c1cccc(NC(=O)[C@H](Cc2ccccc2)NC(=O)OC(C)(C)C)c1. The number of nitrogens with one attached hydrogen (secondary N) is 3. The highest BCUT2D eigenvalue weighted by molar-refractivity contribution is 7.89. The molecule has 0 heterocycles. The zero-order valence-electron chi connectivity index (χ0n) is 19.9. The maximum absolute atomic E-state index is 13.1. The summed E-state index contributed by atoms with van der Waals surface area (Å²) in [6.45, 7) is 10.4. The molecule has 3 N–H and O–H groups in total. The first-order valence-corrected chi connectivity index (χ1v) is 12.1. The summed E-state index contributed by atoms with van der Waals surface area (Å²) in [7, 11) is -3.78. The van der Waals surface area contributed by atoms with Gasteiger partial charge in [-0.25, -0.2) is 17.9 Å². The van der Waals surface area contributed by atoms with Crippen LogP contribution in [0.2, 0.25) is 0 Å². The third-order valence-corrected chi connectivity index (χ3v) is 5.90. The molecule has 0 fully saturated rings. The largest absolute Gasteiger partial charge is 0.444 e. The van der Waals surface area contributed by atoms with Gasteiger partial charge in [-0.3, -0.25) is 4.79 Å². The van der Waals surface area contributed by atoms with E-state index in [1.54, 1.807) is 53.7 Å². The third-order valence-electron chi connectivity index (χ3n) is 4.14. The molecule has 2 rings (SSSR count). The molecule has 0 spiro atoms. The lowest BCUT2D eigenvalue weighted by molar-refractivity contribution is -0.118. The van der Waals surface area contributed by atoms with Crippen LogP contribution in [0.25, 0.3) is 0 Å². The van der Waals surface area contributed by atoms with Gasteiger partial charge in [0.1, 0.15) is 11.6 Å². The van der Waals surface area contributed by atoms with Crippen LogP contribution >= 0.6 is 0 Å². The van der Waals surface area contributed by atoms with E-state index in [2.05, 4.69) is 15.4 Å². The molecule has 0 aliphatic heterocycles. The molecule has 2 aromatic rings. The highest BCUT2D eigenvalue weighted by Crippen LogP contribution is 2.18. The van der Waals surface area contributed by atoms with Gasteiger partial charge in [-0.1, -0.05) is 36.4 Å². The van der Waals surface area contributed by atoms with Crippen LogP contribution in [0.4, 0.5) is 10.5 Å². The molecule has 33 heavy (non-hydrogen) atoms. The van der Waals surface area contributed by atoms with Crippen LogP contribution in [0.5, 0.6) is 0 Å². The normalized spacial score (nSPS) is 13.2. The van der Waals surface area contributed by atoms with Crippen molar-refractivity contribution in [3.63, 3.8) is 0 Å². The van der Waals surface area contributed by atoms with Crippen LogP contribution in [0.3, 0.4) is 0 Å². The van der Waals surface area contributed by atoms with E-state index in [0.29, 0.717) is 5.69 Å². The second-order valence-corrected chi connectivity index (χ2v) is 11.4. The lowest BCUT2D eigenvalue weighted by Gasteiger charge is -2.23. The van der Waals surface area contributed by atoms with Crippen molar-refractivity contribution in [3.8, 4) is 0 Å². The Bertz CT molecular complexity index is 1070. The number of anilines is 1. The molecule has 0 aliphatic carbocycles. The second-order valence-electron chi connectivity index (χ2n) is 9.76. The van der Waals surface area contributed by atoms with Crippen molar-refractivity contribution in [1.82, 2.24) is 10.0 Å². The number of alkyl carbamates (subject to hydrolysis) is 1. The van der Waals surface area contributed by atoms with Gasteiger partial charge in [-0.2, -0.15) is 0 Å². The number of hydrogen-bond donors (Lipinski definition) is 3. The van der Waals surface area contributed by atoms with Gasteiger partial charge < -0.3 is 15.4 Å². The summed E-state index contributed by atoms with van der Waals surface area (Å²) in [4.78, 5) is 25.4. The molecule has 180 valence electrons. The topological polar surface area (TPSA) is 114 Å². The zero-order valence-corrected chi connectivity index (χ0v) is 20.7. The summed E-state index contributed by atoms with van der Waals surface area (Å²) in [6.07, 6.45) is -0.487. The van der Waals surface area contributed by atoms with Gasteiger partial charge in [0.2, 0.25) is 15.9 Å². The van der Waals surface area contributed by atoms with Crippen molar-refractivity contribution in [2.24, 2.45) is 0 Å². The van der Waals surface area contributed by atoms with E-state index < -0.39 is 39.2 Å². The van der Waals surface area contributed by atoms with E-state index in [9.17, 15) is 18.0 Å². The number of ether oxygens (including phenoxy) is 1. The highest BCUT2D eigenvalue weighted by atomic mass is 32.2. The summed E-state index contributed by atoms with van der Waals surface area (Å²) in [5, 5.41) is 5.32. The number of rotatable bonds is 7. The molecular weight excluding hydrogens is 442 g/mol. The molecule has 0 bridgehead atoms. The number of amides is 2. The minimum atomic E-state index is -3.78. The van der Waals surface area contributed by atoms with E-state index in [1.165, 1.54) is 12.1 Å². The molecule has 1 atom stereocenters. The summed E-state index contributed by atoms with van der Waals surface area (Å²) >= 11 is 0. The van der Waals surface area contributed by atoms with Crippen molar-refractivity contribution < 1.29 is 22.7 Å². The minimum absolute atomic E-state index is 0.0231. The van der Waals surface area contributed by atoms with Crippen molar-refractivity contribution in [2.45, 2.75) is 70.0 Å². The average molecular weight is 476 g/mol. The molecule has 8 nitrogen and oxygen atoms in total. The van der Waals surface area contributed by atoms with Crippen molar-refractivity contribution in [2.75, 3.05) is 5.32 Å². The van der Waals surface area contributed by atoms with E-state index >= 15 is 0 Å². The van der Waals surface area contributed by atoms with Crippen molar-refractivity contribution in [3.05, 3.63) is 60.2 Å². The molecule has 2 amide bonds. The number of hydrogen-bond acceptors (Lipinski definition) is 5. The van der Waals surface area contributed by atoms with E-state index in [0.717, 1.165) is 5.56 Å². The van der Waals surface area contributed by atoms with Crippen molar-refractivity contribution >= 4 is 27.7 Å². The molecular formula is C24H33N3O5S. The maximum Gasteiger partial charge on any atom is 0.408 e. The van der Waals surface area contributed by atoms with Gasteiger partial charge >= 0.3 is 6.09 Å². The molecule has 0 unspecified atom stereocenters. The maximum atomic E-state index is 13.1. The van der Waals surface area contributed by atoms with Gasteiger partial charge in [-0.15, -0.1) is 0 Å². The first-order chi connectivity index (χ1) is 15.1. The lowest BCUT2D eigenvalue weighted by atomic mass is 10.1. The standard InChI is InChI=1S/C24H33N3O5S/c1-23(2,3)27-33(30,31)19-14-10-13-18(16-19)25-21(28)20(15-17-11-8-7-9-12-17)26-22(29)32-24(4,5)6/h7-14,16,20,27H,15H2,1-6H3,(H,25,28)(H,26,29)/t20-/m0/s1. The molecule has 0 aromatic heterocycles. The summed E-state index contributed by atoms with van der Waals surface area (Å²) in [5.74, 6) is -0.497. The Labute approximate surface area is 196 Å². The fraction of sp³-hybridized carbons (Fsp3) is 0.417. The Kier molecular flexibility index (Phi) is 8.26. The number of carbonyl (C=O) groups excluding carboxylic acids is 2. The molecule has 0 saturated carbocycles. The molecule has 0 saturated heterocycles. The summed E-state index contributed by atoms with van der Waals surface area (Å²) in [5.41, 5.74) is -0.239. The van der Waals surface area contributed by atoms with Crippen LogP contribution in [-0.2, 0) is 26.0 Å². The Morgan fingerprint density at radius 3 is 2.15 bits per heavy atom. The molecule has 2 aromatic carbocycles. The minimum Gasteiger partial charge on any atom is -0.444 e. The molecule has 9 heteroatoms. The van der Waals surface area contributed by atoms with Gasteiger partial charge in [0.05, 0.1) is 4.90 Å². The zero-order chi connectivity index (χ0) is 24.9. The predicted octanol–water partition coefficient (Wildman–Crippen LogP) is 3.84. The van der Waals surface area contributed by atoms with Crippen LogP contribution < -0.4 is 15.4 Å². The molecule has 0 radical (unpaired) electrons. The first-order valence-electron chi connectivity index (χ1n) is 10.6. The fourth-order valence-electron chi connectivity index (χ4n) is 2.94.